The topological polar surface area (TPSA) is 135 Å². The average molecular weight is 451 g/mol. The third-order valence-electron chi connectivity index (χ3n) is 4.59. The zero-order chi connectivity index (χ0) is 20.6. The van der Waals surface area contributed by atoms with Crippen molar-refractivity contribution in [3.63, 3.8) is 0 Å². The van der Waals surface area contributed by atoms with Gasteiger partial charge in [-0.1, -0.05) is 11.8 Å². The summed E-state index contributed by atoms with van der Waals surface area (Å²) in [6.45, 7) is 0. The molecular formula is C18H18N4O4S3. The molecule has 2 heterocycles. The maximum atomic E-state index is 12.4. The minimum absolute atomic E-state index is 0.0176. The van der Waals surface area contributed by atoms with E-state index in [1.165, 1.54) is 40.9 Å². The van der Waals surface area contributed by atoms with E-state index in [1.807, 2.05) is 0 Å². The second-order valence-corrected chi connectivity index (χ2v) is 10.4. The second-order valence-electron chi connectivity index (χ2n) is 6.62. The zero-order valence-corrected chi connectivity index (χ0v) is 17.7. The lowest BCUT2D eigenvalue weighted by Gasteiger charge is -2.06. The predicted molar refractivity (Wildman–Crippen MR) is 114 cm³/mol. The number of rotatable bonds is 6. The number of aromatic nitrogens is 2. The Labute approximate surface area is 175 Å². The number of aromatic amines is 1. The average Bonchev–Trinajstić information content (AvgIpc) is 3.22. The number of fused-ring (bicyclic) bond motifs is 3. The highest BCUT2D eigenvalue weighted by Gasteiger charge is 2.21. The van der Waals surface area contributed by atoms with E-state index >= 15 is 0 Å². The van der Waals surface area contributed by atoms with Crippen LogP contribution >= 0.6 is 23.1 Å². The van der Waals surface area contributed by atoms with Gasteiger partial charge in [0.1, 0.15) is 4.83 Å². The Balaban J connectivity index is 1.35. The van der Waals surface area contributed by atoms with Crippen LogP contribution in [-0.4, -0.2) is 30.0 Å². The van der Waals surface area contributed by atoms with Crippen LogP contribution in [0.25, 0.3) is 10.2 Å². The molecule has 152 valence electrons. The lowest BCUT2D eigenvalue weighted by atomic mass is 10.2. The Kier molecular flexibility index (Phi) is 5.47. The fraction of sp³-hybridized carbons (Fsp3) is 0.278. The molecule has 0 spiro atoms. The lowest BCUT2D eigenvalue weighted by Crippen LogP contribution is -2.14. The number of primary sulfonamides is 1. The van der Waals surface area contributed by atoms with Crippen LogP contribution in [0.15, 0.2) is 39.1 Å². The number of hydrogen-bond donors (Lipinski definition) is 3. The van der Waals surface area contributed by atoms with Crippen molar-refractivity contribution in [2.45, 2.75) is 35.7 Å². The molecule has 8 nitrogen and oxygen atoms in total. The molecule has 4 rings (SSSR count). The number of carbonyl (C=O) groups excluding carboxylic acids is 1. The van der Waals surface area contributed by atoms with Crippen LogP contribution in [0.1, 0.15) is 23.3 Å². The van der Waals surface area contributed by atoms with Gasteiger partial charge in [-0.2, -0.15) is 0 Å². The highest BCUT2D eigenvalue weighted by molar-refractivity contribution is 7.99. The van der Waals surface area contributed by atoms with Gasteiger partial charge in [0, 0.05) is 22.7 Å². The van der Waals surface area contributed by atoms with Crippen molar-refractivity contribution >= 4 is 54.9 Å². The third kappa shape index (κ3) is 4.37. The molecule has 1 aliphatic carbocycles. The van der Waals surface area contributed by atoms with Crippen LogP contribution in [0.4, 0.5) is 5.69 Å². The van der Waals surface area contributed by atoms with Crippen molar-refractivity contribution in [1.29, 1.82) is 0 Å². The van der Waals surface area contributed by atoms with Crippen molar-refractivity contribution < 1.29 is 13.2 Å². The Morgan fingerprint density at radius 3 is 2.76 bits per heavy atom. The quantitative estimate of drug-likeness (QED) is 0.389. The van der Waals surface area contributed by atoms with Crippen molar-refractivity contribution in [2.75, 3.05) is 11.1 Å². The summed E-state index contributed by atoms with van der Waals surface area (Å²) < 4.78 is 22.5. The predicted octanol–water partition coefficient (Wildman–Crippen LogP) is 2.24. The highest BCUT2D eigenvalue weighted by Crippen LogP contribution is 2.35. The van der Waals surface area contributed by atoms with Gasteiger partial charge < -0.3 is 10.3 Å². The molecule has 1 aliphatic rings. The van der Waals surface area contributed by atoms with Gasteiger partial charge in [0.05, 0.1) is 10.3 Å². The highest BCUT2D eigenvalue weighted by atomic mass is 32.2. The molecule has 0 fully saturated rings. The maximum absolute atomic E-state index is 12.4. The number of amides is 1. The molecular weight excluding hydrogens is 432 g/mol. The molecule has 0 radical (unpaired) electrons. The molecule has 4 N–H and O–H groups in total. The number of hydrogen-bond acceptors (Lipinski definition) is 7. The first-order chi connectivity index (χ1) is 13.8. The molecule has 29 heavy (non-hydrogen) atoms. The zero-order valence-electron chi connectivity index (χ0n) is 15.2. The fourth-order valence-corrected chi connectivity index (χ4v) is 5.88. The van der Waals surface area contributed by atoms with E-state index < -0.39 is 10.0 Å². The molecule has 0 aliphatic heterocycles. The first-order valence-electron chi connectivity index (χ1n) is 8.91. The summed E-state index contributed by atoms with van der Waals surface area (Å²) in [6, 6.07) is 5.63. The van der Waals surface area contributed by atoms with E-state index in [1.54, 1.807) is 11.3 Å². The summed E-state index contributed by atoms with van der Waals surface area (Å²) >= 11 is 2.90. The van der Waals surface area contributed by atoms with E-state index in [0.717, 1.165) is 29.7 Å². The van der Waals surface area contributed by atoms with E-state index in [4.69, 9.17) is 5.14 Å². The number of aryl methyl sites for hydroxylation is 2. The number of nitrogens with zero attached hydrogens (tertiary/aromatic N) is 1. The number of thioether (sulfide) groups is 1. The molecule has 2 aromatic heterocycles. The summed E-state index contributed by atoms with van der Waals surface area (Å²) in [5.41, 5.74) is 1.51. The number of carbonyl (C=O) groups is 1. The van der Waals surface area contributed by atoms with Gasteiger partial charge in [-0.15, -0.1) is 11.3 Å². The fourth-order valence-electron chi connectivity index (χ4n) is 3.24. The van der Waals surface area contributed by atoms with Crippen LogP contribution in [0, 0.1) is 0 Å². The minimum atomic E-state index is -3.76. The molecule has 0 bridgehead atoms. The van der Waals surface area contributed by atoms with Crippen molar-refractivity contribution in [3.8, 4) is 0 Å². The van der Waals surface area contributed by atoms with Crippen LogP contribution < -0.4 is 16.0 Å². The molecule has 3 aromatic rings. The molecule has 0 saturated carbocycles. The number of sulfonamides is 1. The van der Waals surface area contributed by atoms with Gasteiger partial charge in [0.25, 0.3) is 5.56 Å². The SMILES string of the molecule is NS(=O)(=O)c1ccc(NC(=O)CCSc2nc3sc4c(c3c(=O)[nH]2)CCC4)cc1. The molecule has 0 saturated heterocycles. The van der Waals surface area contributed by atoms with Crippen molar-refractivity contribution in [3.05, 3.63) is 45.1 Å². The molecule has 1 amide bonds. The maximum Gasteiger partial charge on any atom is 0.260 e. The summed E-state index contributed by atoms with van der Waals surface area (Å²) in [7, 11) is -3.76. The van der Waals surface area contributed by atoms with E-state index in [-0.39, 0.29) is 22.8 Å². The number of anilines is 1. The summed E-state index contributed by atoms with van der Waals surface area (Å²) in [5.74, 6) is 0.222. The van der Waals surface area contributed by atoms with E-state index in [2.05, 4.69) is 15.3 Å². The second kappa shape index (κ2) is 7.90. The third-order valence-corrected chi connectivity index (χ3v) is 7.58. The summed E-state index contributed by atoms with van der Waals surface area (Å²) in [4.78, 5) is 33.9. The Morgan fingerprint density at radius 2 is 2.03 bits per heavy atom. The van der Waals surface area contributed by atoms with Gasteiger partial charge in [-0.3, -0.25) is 9.59 Å². The molecule has 1 aromatic carbocycles. The molecule has 0 unspecified atom stereocenters. The molecule has 0 atom stereocenters. The normalized spacial score (nSPS) is 13.6. The number of nitrogens with two attached hydrogens (primary N) is 1. The Hall–Kier alpha value is -2.21. The van der Waals surface area contributed by atoms with Gasteiger partial charge in [0.2, 0.25) is 15.9 Å². The minimum Gasteiger partial charge on any atom is -0.326 e. The number of nitrogens with one attached hydrogen (secondary N) is 2. The monoisotopic (exact) mass is 450 g/mol. The standard InChI is InChI=1S/C18H18N4O4S3/c19-29(25,26)11-6-4-10(5-7-11)20-14(23)8-9-27-18-21-16(24)15-12-2-1-3-13(12)28-17(15)22-18/h4-7H,1-3,8-9H2,(H,20,23)(H2,19,25,26)(H,21,22,24). The van der Waals surface area contributed by atoms with Gasteiger partial charge in [-0.25, -0.2) is 18.5 Å². The van der Waals surface area contributed by atoms with Crippen LogP contribution in [0.3, 0.4) is 0 Å². The van der Waals surface area contributed by atoms with Gasteiger partial charge in [-0.05, 0) is 49.1 Å². The Morgan fingerprint density at radius 1 is 1.28 bits per heavy atom. The van der Waals surface area contributed by atoms with Crippen LogP contribution in [0.5, 0.6) is 0 Å². The number of benzene rings is 1. The van der Waals surface area contributed by atoms with Gasteiger partial charge >= 0.3 is 0 Å². The van der Waals surface area contributed by atoms with Crippen LogP contribution in [-0.2, 0) is 27.7 Å². The summed E-state index contributed by atoms with van der Waals surface area (Å²) in [5, 5.41) is 8.96. The van der Waals surface area contributed by atoms with Crippen molar-refractivity contribution in [1.82, 2.24) is 9.97 Å². The first kappa shape index (κ1) is 20.1. The van der Waals surface area contributed by atoms with Crippen molar-refractivity contribution in [2.24, 2.45) is 5.14 Å². The smallest absolute Gasteiger partial charge is 0.260 e. The summed E-state index contributed by atoms with van der Waals surface area (Å²) in [6.07, 6.45) is 3.25. The van der Waals surface area contributed by atoms with Crippen LogP contribution in [0.2, 0.25) is 0 Å². The van der Waals surface area contributed by atoms with E-state index in [9.17, 15) is 18.0 Å². The number of H-pyrrole nitrogens is 1. The van der Waals surface area contributed by atoms with E-state index in [0.29, 0.717) is 22.0 Å². The Bertz CT molecular complexity index is 1250. The van der Waals surface area contributed by atoms with Gasteiger partial charge in [0.15, 0.2) is 5.16 Å². The largest absolute Gasteiger partial charge is 0.326 e. The molecule has 11 heteroatoms. The number of thiophene rings is 1. The lowest BCUT2D eigenvalue weighted by molar-refractivity contribution is -0.115. The first-order valence-corrected chi connectivity index (χ1v) is 12.3.